The van der Waals surface area contributed by atoms with Gasteiger partial charge in [-0.3, -0.25) is 0 Å². The van der Waals surface area contributed by atoms with Gasteiger partial charge in [0.25, 0.3) is 0 Å². The van der Waals surface area contributed by atoms with Crippen LogP contribution >= 0.6 is 11.6 Å². The molecule has 4 nitrogen and oxygen atoms in total. The Bertz CT molecular complexity index is 423. The smallest absolute Gasteiger partial charge is 0.337 e. The van der Waals surface area contributed by atoms with Gasteiger partial charge < -0.3 is 14.8 Å². The molecule has 1 aromatic carbocycles. The third-order valence-electron chi connectivity index (χ3n) is 2.85. The molecule has 0 fully saturated rings. The Morgan fingerprint density at radius 2 is 2.00 bits per heavy atom. The number of hydrogen-bond acceptors (Lipinski definition) is 4. The lowest BCUT2D eigenvalue weighted by molar-refractivity contribution is 0.0601. The van der Waals surface area contributed by atoms with Crippen LogP contribution in [0.2, 0.25) is 5.02 Å². The second-order valence-corrected chi connectivity index (χ2v) is 4.47. The molecule has 5 heteroatoms. The maximum Gasteiger partial charge on any atom is 0.337 e. The number of rotatable bonds is 5. The van der Waals surface area contributed by atoms with E-state index in [9.17, 15) is 4.79 Å². The number of ether oxygens (including phenoxy) is 2. The van der Waals surface area contributed by atoms with E-state index in [0.29, 0.717) is 16.3 Å². The highest BCUT2D eigenvalue weighted by atomic mass is 35.5. The van der Waals surface area contributed by atoms with E-state index in [1.165, 1.54) is 7.11 Å². The van der Waals surface area contributed by atoms with Crippen LogP contribution in [0.15, 0.2) is 18.2 Å². The van der Waals surface area contributed by atoms with Gasteiger partial charge in [0, 0.05) is 13.2 Å². The zero-order chi connectivity index (χ0) is 13.7. The van der Waals surface area contributed by atoms with E-state index in [1.54, 1.807) is 25.3 Å². The fourth-order valence-electron chi connectivity index (χ4n) is 1.45. The van der Waals surface area contributed by atoms with E-state index in [0.717, 1.165) is 0 Å². The van der Waals surface area contributed by atoms with E-state index >= 15 is 0 Å². The molecule has 2 unspecified atom stereocenters. The number of hydrogen-bond donors (Lipinski definition) is 1. The standard InChI is InChI=1S/C13H18ClNO3/c1-8(9(2)17-3)15-12-7-10(13(16)18-4)5-6-11(12)14/h5-9,15H,1-4H3. The molecule has 0 saturated heterocycles. The molecule has 0 radical (unpaired) electrons. The third-order valence-corrected chi connectivity index (χ3v) is 3.18. The van der Waals surface area contributed by atoms with Gasteiger partial charge in [-0.05, 0) is 32.0 Å². The van der Waals surface area contributed by atoms with Crippen molar-refractivity contribution in [1.82, 2.24) is 0 Å². The Hall–Kier alpha value is -1.26. The number of carbonyl (C=O) groups excluding carboxylic acids is 1. The summed E-state index contributed by atoms with van der Waals surface area (Å²) in [6.45, 7) is 3.94. The van der Waals surface area contributed by atoms with Crippen molar-refractivity contribution in [3.63, 3.8) is 0 Å². The zero-order valence-corrected chi connectivity index (χ0v) is 11.7. The number of halogens is 1. The molecule has 1 N–H and O–H groups in total. The van der Waals surface area contributed by atoms with Gasteiger partial charge in [0.05, 0.1) is 29.5 Å². The maximum atomic E-state index is 11.4. The SMILES string of the molecule is COC(=O)c1ccc(Cl)c(NC(C)C(C)OC)c1. The Labute approximate surface area is 112 Å². The summed E-state index contributed by atoms with van der Waals surface area (Å²) < 4.78 is 9.90. The minimum atomic E-state index is -0.387. The highest BCUT2D eigenvalue weighted by Gasteiger charge is 2.14. The summed E-state index contributed by atoms with van der Waals surface area (Å²) in [4.78, 5) is 11.4. The van der Waals surface area contributed by atoms with Crippen molar-refractivity contribution in [3.8, 4) is 0 Å². The van der Waals surface area contributed by atoms with Crippen LogP contribution in [-0.4, -0.2) is 32.3 Å². The number of esters is 1. The average molecular weight is 272 g/mol. The highest BCUT2D eigenvalue weighted by Crippen LogP contribution is 2.24. The van der Waals surface area contributed by atoms with E-state index in [-0.39, 0.29) is 18.1 Å². The molecule has 0 amide bonds. The van der Waals surface area contributed by atoms with E-state index in [4.69, 9.17) is 16.3 Å². The number of anilines is 1. The average Bonchev–Trinajstić information content (AvgIpc) is 2.39. The number of carbonyl (C=O) groups is 1. The van der Waals surface area contributed by atoms with Gasteiger partial charge in [-0.1, -0.05) is 11.6 Å². The lowest BCUT2D eigenvalue weighted by atomic mass is 10.1. The van der Waals surface area contributed by atoms with Gasteiger partial charge >= 0.3 is 5.97 Å². The van der Waals surface area contributed by atoms with Crippen LogP contribution in [0.25, 0.3) is 0 Å². The Morgan fingerprint density at radius 1 is 1.33 bits per heavy atom. The van der Waals surface area contributed by atoms with Gasteiger partial charge in [0.2, 0.25) is 0 Å². The third kappa shape index (κ3) is 3.62. The van der Waals surface area contributed by atoms with Gasteiger partial charge in [-0.15, -0.1) is 0 Å². The fourth-order valence-corrected chi connectivity index (χ4v) is 1.62. The van der Waals surface area contributed by atoms with Crippen LogP contribution < -0.4 is 5.32 Å². The lowest BCUT2D eigenvalue weighted by Crippen LogP contribution is -2.29. The predicted octanol–water partition coefficient (Wildman–Crippen LogP) is 2.96. The Morgan fingerprint density at radius 3 is 2.56 bits per heavy atom. The fraction of sp³-hybridized carbons (Fsp3) is 0.462. The summed E-state index contributed by atoms with van der Waals surface area (Å²) in [5.74, 6) is -0.387. The molecule has 100 valence electrons. The minimum Gasteiger partial charge on any atom is -0.465 e. The van der Waals surface area contributed by atoms with Crippen molar-refractivity contribution in [1.29, 1.82) is 0 Å². The molecule has 2 atom stereocenters. The summed E-state index contributed by atoms with van der Waals surface area (Å²) in [5, 5.41) is 3.77. The van der Waals surface area contributed by atoms with Crippen molar-refractivity contribution in [3.05, 3.63) is 28.8 Å². The summed E-state index contributed by atoms with van der Waals surface area (Å²) in [5.41, 5.74) is 1.15. The molecule has 0 aromatic heterocycles. The molecule has 0 bridgehead atoms. The monoisotopic (exact) mass is 271 g/mol. The van der Waals surface area contributed by atoms with Gasteiger partial charge in [0.1, 0.15) is 0 Å². The molecule has 0 aliphatic carbocycles. The topological polar surface area (TPSA) is 47.6 Å². The molecule has 0 aliphatic rings. The second kappa shape index (κ2) is 6.61. The van der Waals surface area contributed by atoms with Crippen LogP contribution in [-0.2, 0) is 9.47 Å². The van der Waals surface area contributed by atoms with Crippen LogP contribution in [0.4, 0.5) is 5.69 Å². The molecule has 1 rings (SSSR count). The minimum absolute atomic E-state index is 0.0304. The highest BCUT2D eigenvalue weighted by molar-refractivity contribution is 6.33. The Kier molecular flexibility index (Phi) is 5.44. The van der Waals surface area contributed by atoms with Gasteiger partial charge in [-0.25, -0.2) is 4.79 Å². The largest absolute Gasteiger partial charge is 0.465 e. The van der Waals surface area contributed by atoms with Crippen molar-refractivity contribution in [2.45, 2.75) is 26.0 Å². The summed E-state index contributed by atoms with van der Waals surface area (Å²) >= 11 is 6.08. The van der Waals surface area contributed by atoms with Crippen molar-refractivity contribution in [2.24, 2.45) is 0 Å². The van der Waals surface area contributed by atoms with Crippen molar-refractivity contribution in [2.75, 3.05) is 19.5 Å². The van der Waals surface area contributed by atoms with E-state index in [1.807, 2.05) is 13.8 Å². The molecule has 0 saturated carbocycles. The first kappa shape index (κ1) is 14.8. The quantitative estimate of drug-likeness (QED) is 0.837. The zero-order valence-electron chi connectivity index (χ0n) is 11.0. The molecule has 0 aliphatic heterocycles. The molecule has 1 aromatic rings. The Balaban J connectivity index is 2.91. The van der Waals surface area contributed by atoms with Crippen LogP contribution in [0.3, 0.4) is 0 Å². The number of nitrogens with one attached hydrogen (secondary N) is 1. The normalized spacial score (nSPS) is 13.8. The van der Waals surface area contributed by atoms with Crippen molar-refractivity contribution >= 4 is 23.3 Å². The summed E-state index contributed by atoms with van der Waals surface area (Å²) in [7, 11) is 3.00. The first-order valence-corrected chi connectivity index (χ1v) is 6.04. The molecule has 0 heterocycles. The predicted molar refractivity (Wildman–Crippen MR) is 72.3 cm³/mol. The van der Waals surface area contributed by atoms with E-state index < -0.39 is 0 Å². The van der Waals surface area contributed by atoms with Crippen LogP contribution in [0.1, 0.15) is 24.2 Å². The molecular weight excluding hydrogens is 254 g/mol. The van der Waals surface area contributed by atoms with Gasteiger partial charge in [0.15, 0.2) is 0 Å². The molecule has 0 spiro atoms. The lowest BCUT2D eigenvalue weighted by Gasteiger charge is -2.22. The van der Waals surface area contributed by atoms with Crippen LogP contribution in [0.5, 0.6) is 0 Å². The number of benzene rings is 1. The summed E-state index contributed by atoms with van der Waals surface area (Å²) in [6, 6.07) is 5.04. The van der Waals surface area contributed by atoms with Crippen LogP contribution in [0, 0.1) is 0 Å². The summed E-state index contributed by atoms with van der Waals surface area (Å²) in [6.07, 6.45) is 0.0304. The van der Waals surface area contributed by atoms with Gasteiger partial charge in [-0.2, -0.15) is 0 Å². The van der Waals surface area contributed by atoms with Crippen molar-refractivity contribution < 1.29 is 14.3 Å². The first-order valence-electron chi connectivity index (χ1n) is 5.66. The second-order valence-electron chi connectivity index (χ2n) is 4.06. The first-order chi connectivity index (χ1) is 8.49. The number of methoxy groups -OCH3 is 2. The van der Waals surface area contributed by atoms with E-state index in [2.05, 4.69) is 10.1 Å². The molecular formula is C13H18ClNO3. The molecule has 18 heavy (non-hydrogen) atoms. The maximum absolute atomic E-state index is 11.4.